The van der Waals surface area contributed by atoms with Crippen molar-refractivity contribution >= 4 is 50.7 Å². The first kappa shape index (κ1) is 31.9. The number of carbonyl (C=O) groups is 2. The first-order valence-corrected chi connectivity index (χ1v) is 16.4. The van der Waals surface area contributed by atoms with E-state index in [9.17, 15) is 18.0 Å². The van der Waals surface area contributed by atoms with E-state index in [-0.39, 0.29) is 23.4 Å². The van der Waals surface area contributed by atoms with Crippen LogP contribution in [0.4, 0.5) is 5.69 Å². The van der Waals surface area contributed by atoms with Crippen molar-refractivity contribution in [3.63, 3.8) is 0 Å². The summed E-state index contributed by atoms with van der Waals surface area (Å²) in [5, 5.41) is 3.80. The molecule has 0 aromatic heterocycles. The number of nitrogens with one attached hydrogen (secondary N) is 1. The number of carbonyl (C=O) groups excluding carboxylic acids is 2. The van der Waals surface area contributed by atoms with Crippen LogP contribution in [0.15, 0.2) is 71.6 Å². The fourth-order valence-corrected chi connectivity index (χ4v) is 6.98. The highest BCUT2D eigenvalue weighted by atomic mass is 35.5. The Morgan fingerprint density at radius 1 is 0.929 bits per heavy atom. The van der Waals surface area contributed by atoms with Crippen molar-refractivity contribution in [2.45, 2.75) is 76.4 Å². The predicted molar refractivity (Wildman–Crippen MR) is 168 cm³/mol. The number of para-hydroxylation sites is 1. The number of rotatable bonds is 10. The molecule has 1 N–H and O–H groups in total. The lowest BCUT2D eigenvalue weighted by atomic mass is 9.95. The molecule has 42 heavy (non-hydrogen) atoms. The van der Waals surface area contributed by atoms with Gasteiger partial charge in [0, 0.05) is 12.6 Å². The van der Waals surface area contributed by atoms with Crippen molar-refractivity contribution in [1.82, 2.24) is 10.2 Å². The molecular formula is C32H37Cl2N3O4S. The minimum absolute atomic E-state index is 0.0428. The van der Waals surface area contributed by atoms with Gasteiger partial charge >= 0.3 is 0 Å². The van der Waals surface area contributed by atoms with E-state index >= 15 is 0 Å². The molecule has 2 amide bonds. The topological polar surface area (TPSA) is 86.8 Å². The molecule has 4 rings (SSSR count). The molecule has 1 atom stereocenters. The lowest BCUT2D eigenvalue weighted by Crippen LogP contribution is -2.53. The molecule has 0 unspecified atom stereocenters. The molecule has 10 heteroatoms. The zero-order chi connectivity index (χ0) is 30.4. The van der Waals surface area contributed by atoms with Gasteiger partial charge in [-0.05, 0) is 75.1 Å². The second-order valence-electron chi connectivity index (χ2n) is 10.9. The van der Waals surface area contributed by atoms with Crippen molar-refractivity contribution in [1.29, 1.82) is 0 Å². The quantitative estimate of drug-likeness (QED) is 0.271. The average molecular weight is 631 g/mol. The summed E-state index contributed by atoms with van der Waals surface area (Å²) in [6, 6.07) is 17.7. The van der Waals surface area contributed by atoms with E-state index in [0.717, 1.165) is 42.0 Å². The third-order valence-electron chi connectivity index (χ3n) is 7.73. The molecule has 7 nitrogen and oxygen atoms in total. The highest BCUT2D eigenvalue weighted by Gasteiger charge is 2.33. The van der Waals surface area contributed by atoms with Gasteiger partial charge in [-0.25, -0.2) is 8.42 Å². The average Bonchev–Trinajstić information content (AvgIpc) is 2.97. The zero-order valence-corrected chi connectivity index (χ0v) is 26.5. The van der Waals surface area contributed by atoms with Crippen LogP contribution >= 0.6 is 23.2 Å². The highest BCUT2D eigenvalue weighted by molar-refractivity contribution is 7.92. The third kappa shape index (κ3) is 7.65. The lowest BCUT2D eigenvalue weighted by molar-refractivity contribution is -0.139. The van der Waals surface area contributed by atoms with Gasteiger partial charge < -0.3 is 10.2 Å². The van der Waals surface area contributed by atoms with Crippen LogP contribution in [0.1, 0.15) is 55.7 Å². The first-order chi connectivity index (χ1) is 20.0. The molecule has 1 saturated carbocycles. The van der Waals surface area contributed by atoms with Crippen molar-refractivity contribution in [2.24, 2.45) is 0 Å². The van der Waals surface area contributed by atoms with E-state index in [1.807, 2.05) is 13.0 Å². The fourth-order valence-electron chi connectivity index (χ4n) is 5.18. The molecular weight excluding hydrogens is 593 g/mol. The number of amides is 2. The number of hydrogen-bond donors (Lipinski definition) is 1. The Labute approximate surface area is 258 Å². The standard InChI is InChI=1S/C32H37Cl2N3O4S/c1-22-13-16-27(17-14-22)42(40,41)37(30-12-8-7-9-23(30)2)21-31(38)36(20-25-15-18-28(33)29(34)19-25)24(3)32(39)35-26-10-5-4-6-11-26/h7-9,12-19,24,26H,4-6,10-11,20-21H2,1-3H3,(H,35,39)/t24-/m0/s1. The summed E-state index contributed by atoms with van der Waals surface area (Å²) in [6.07, 6.45) is 5.04. The zero-order valence-electron chi connectivity index (χ0n) is 24.1. The number of benzene rings is 3. The minimum Gasteiger partial charge on any atom is -0.352 e. The number of nitrogens with zero attached hydrogens (tertiary/aromatic N) is 2. The summed E-state index contributed by atoms with van der Waals surface area (Å²) in [7, 11) is -4.13. The Morgan fingerprint density at radius 3 is 2.24 bits per heavy atom. The molecule has 0 radical (unpaired) electrons. The van der Waals surface area contributed by atoms with Gasteiger partial charge in [-0.15, -0.1) is 0 Å². The summed E-state index contributed by atoms with van der Waals surface area (Å²) >= 11 is 12.4. The Balaban J connectivity index is 1.69. The van der Waals surface area contributed by atoms with Gasteiger partial charge in [0.2, 0.25) is 11.8 Å². The van der Waals surface area contributed by atoms with Gasteiger partial charge in [0.05, 0.1) is 20.6 Å². The van der Waals surface area contributed by atoms with Crippen molar-refractivity contribution in [3.8, 4) is 0 Å². The summed E-state index contributed by atoms with van der Waals surface area (Å²) in [5.74, 6) is -0.801. The molecule has 1 fully saturated rings. The van der Waals surface area contributed by atoms with Crippen LogP contribution < -0.4 is 9.62 Å². The number of anilines is 1. The first-order valence-electron chi connectivity index (χ1n) is 14.2. The maximum atomic E-state index is 14.1. The highest BCUT2D eigenvalue weighted by Crippen LogP contribution is 2.28. The Morgan fingerprint density at radius 2 is 1.60 bits per heavy atom. The van der Waals surface area contributed by atoms with E-state index in [1.54, 1.807) is 62.4 Å². The van der Waals surface area contributed by atoms with Gasteiger partial charge in [-0.1, -0.05) is 84.4 Å². The molecule has 0 heterocycles. The molecule has 1 aliphatic rings. The second-order valence-corrected chi connectivity index (χ2v) is 13.6. The second kappa shape index (κ2) is 13.9. The largest absolute Gasteiger partial charge is 0.352 e. The Bertz CT molecular complexity index is 1520. The minimum atomic E-state index is -4.13. The molecule has 0 spiro atoms. The van der Waals surface area contributed by atoms with Gasteiger partial charge in [0.25, 0.3) is 10.0 Å². The molecule has 3 aromatic carbocycles. The Hall–Kier alpha value is -3.07. The normalized spacial score (nSPS) is 14.7. The van der Waals surface area contributed by atoms with Crippen LogP contribution in [0.25, 0.3) is 0 Å². The van der Waals surface area contributed by atoms with Gasteiger partial charge in [0.15, 0.2) is 0 Å². The maximum absolute atomic E-state index is 14.1. The van der Waals surface area contributed by atoms with E-state index in [0.29, 0.717) is 26.9 Å². The molecule has 1 aliphatic carbocycles. The fraction of sp³-hybridized carbons (Fsp3) is 0.375. The summed E-state index contributed by atoms with van der Waals surface area (Å²) in [5.41, 5.74) is 2.66. The summed E-state index contributed by atoms with van der Waals surface area (Å²) < 4.78 is 29.1. The smallest absolute Gasteiger partial charge is 0.264 e. The number of halogens is 2. The maximum Gasteiger partial charge on any atom is 0.264 e. The van der Waals surface area contributed by atoms with Gasteiger partial charge in [-0.3, -0.25) is 13.9 Å². The third-order valence-corrected chi connectivity index (χ3v) is 10.2. The molecule has 224 valence electrons. The summed E-state index contributed by atoms with van der Waals surface area (Å²) in [4.78, 5) is 29.1. The van der Waals surface area contributed by atoms with Crippen molar-refractivity contribution < 1.29 is 18.0 Å². The van der Waals surface area contributed by atoms with E-state index in [2.05, 4.69) is 5.32 Å². The number of sulfonamides is 1. The molecule has 0 bridgehead atoms. The SMILES string of the molecule is Cc1ccc(S(=O)(=O)N(CC(=O)N(Cc2ccc(Cl)c(Cl)c2)[C@@H](C)C(=O)NC2CCCCC2)c2ccccc2C)cc1. The van der Waals surface area contributed by atoms with E-state index in [4.69, 9.17) is 23.2 Å². The van der Waals surface area contributed by atoms with E-state index in [1.165, 1.54) is 17.0 Å². The number of hydrogen-bond acceptors (Lipinski definition) is 4. The van der Waals surface area contributed by atoms with Crippen LogP contribution in [0.3, 0.4) is 0 Å². The van der Waals surface area contributed by atoms with Crippen molar-refractivity contribution in [3.05, 3.63) is 93.5 Å². The van der Waals surface area contributed by atoms with Crippen LogP contribution in [0, 0.1) is 13.8 Å². The van der Waals surface area contributed by atoms with Gasteiger partial charge in [0.1, 0.15) is 12.6 Å². The summed E-state index contributed by atoms with van der Waals surface area (Å²) in [6.45, 7) is 4.88. The van der Waals surface area contributed by atoms with Crippen LogP contribution in [0.5, 0.6) is 0 Å². The van der Waals surface area contributed by atoms with Crippen molar-refractivity contribution in [2.75, 3.05) is 10.8 Å². The van der Waals surface area contributed by atoms with E-state index < -0.39 is 28.5 Å². The number of aryl methyl sites for hydroxylation is 2. The van der Waals surface area contributed by atoms with Gasteiger partial charge in [-0.2, -0.15) is 0 Å². The van der Waals surface area contributed by atoms with Crippen LogP contribution in [-0.2, 0) is 26.2 Å². The van der Waals surface area contributed by atoms with Crippen LogP contribution in [0.2, 0.25) is 10.0 Å². The molecule has 3 aromatic rings. The monoisotopic (exact) mass is 629 g/mol. The molecule has 0 aliphatic heterocycles. The lowest BCUT2D eigenvalue weighted by Gasteiger charge is -2.33. The Kier molecular flexibility index (Phi) is 10.6. The van der Waals surface area contributed by atoms with Crippen LogP contribution in [-0.4, -0.2) is 43.8 Å². The molecule has 0 saturated heterocycles. The predicted octanol–water partition coefficient (Wildman–Crippen LogP) is 6.67.